The molecule has 2 N–H and O–H groups in total. The number of aromatic amines is 1. The van der Waals surface area contributed by atoms with Gasteiger partial charge in [0.2, 0.25) is 5.82 Å². The summed E-state index contributed by atoms with van der Waals surface area (Å²) in [6.45, 7) is 0.952. The predicted molar refractivity (Wildman–Crippen MR) is 119 cm³/mol. The second-order valence-electron chi connectivity index (χ2n) is 8.25. The maximum Gasteiger partial charge on any atom is 0.449 e. The van der Waals surface area contributed by atoms with Crippen molar-refractivity contribution in [2.45, 2.75) is 30.7 Å². The molecule has 0 atom stereocenters. The monoisotopic (exact) mass is 470 g/mol. The lowest BCUT2D eigenvalue weighted by molar-refractivity contribution is -0.144. The third-order valence-corrected chi connectivity index (χ3v) is 6.23. The number of phenols is 1. The lowest BCUT2D eigenvalue weighted by Crippen LogP contribution is -2.06. The van der Waals surface area contributed by atoms with Gasteiger partial charge in [-0.05, 0) is 43.0 Å². The molecule has 2 aromatic carbocycles. The maximum atomic E-state index is 13.1. The molecule has 0 radical (unpaired) electrons. The van der Waals surface area contributed by atoms with Crippen LogP contribution >= 0.6 is 12.6 Å². The van der Waals surface area contributed by atoms with Crippen LogP contribution < -0.4 is 0 Å². The van der Waals surface area contributed by atoms with E-state index in [4.69, 9.17) is 0 Å². The molecule has 7 nitrogen and oxygen atoms in total. The van der Waals surface area contributed by atoms with Crippen LogP contribution in [0.15, 0.2) is 47.8 Å². The second kappa shape index (κ2) is 7.01. The summed E-state index contributed by atoms with van der Waals surface area (Å²) >= 11 is 4.46. The van der Waals surface area contributed by atoms with Crippen LogP contribution in [0.25, 0.3) is 39.0 Å². The van der Waals surface area contributed by atoms with Crippen LogP contribution in [0.1, 0.15) is 18.7 Å². The standard InChI is InChI=1S/C22H17F3N6OS/c23-22(24,25)20-26-14-8-13(18(32)9-15(14)27-20)19-28-29-21(33)31(19)17-3-1-2-16-12(17)6-7-30(16)10-11-4-5-11/h1-3,6-9,11,32H,4-5,10H2,(H,26,27)(H,29,33). The Morgan fingerprint density at radius 1 is 1.15 bits per heavy atom. The second-order valence-corrected chi connectivity index (χ2v) is 8.65. The molecule has 0 bridgehead atoms. The Hall–Kier alpha value is -3.47. The highest BCUT2D eigenvalue weighted by molar-refractivity contribution is 7.80. The molecule has 0 amide bonds. The van der Waals surface area contributed by atoms with Gasteiger partial charge in [-0.15, -0.1) is 22.8 Å². The van der Waals surface area contributed by atoms with Gasteiger partial charge in [-0.2, -0.15) is 13.2 Å². The average molecular weight is 470 g/mol. The van der Waals surface area contributed by atoms with Crippen LogP contribution in [0.2, 0.25) is 0 Å². The van der Waals surface area contributed by atoms with Crippen LogP contribution in [0.3, 0.4) is 0 Å². The van der Waals surface area contributed by atoms with Crippen molar-refractivity contribution in [2.24, 2.45) is 5.92 Å². The summed E-state index contributed by atoms with van der Waals surface area (Å²) in [4.78, 5) is 5.83. The molecule has 3 aromatic heterocycles. The molecule has 1 aliphatic rings. The summed E-state index contributed by atoms with van der Waals surface area (Å²) in [7, 11) is 0. The smallest absolute Gasteiger partial charge is 0.449 e. The first-order valence-corrected chi connectivity index (χ1v) is 10.8. The highest BCUT2D eigenvalue weighted by Crippen LogP contribution is 2.38. The Bertz CT molecular complexity index is 1530. The molecule has 3 heterocycles. The third kappa shape index (κ3) is 3.34. The summed E-state index contributed by atoms with van der Waals surface area (Å²) in [5.41, 5.74) is 2.13. The van der Waals surface area contributed by atoms with Crippen molar-refractivity contribution in [2.75, 3.05) is 0 Å². The minimum absolute atomic E-state index is 0.0548. The maximum absolute atomic E-state index is 13.1. The van der Waals surface area contributed by atoms with E-state index in [1.165, 1.54) is 25.0 Å². The van der Waals surface area contributed by atoms with Gasteiger partial charge in [0.25, 0.3) is 0 Å². The van der Waals surface area contributed by atoms with E-state index in [-0.39, 0.29) is 33.3 Å². The number of alkyl halides is 3. The van der Waals surface area contributed by atoms with Crippen molar-refractivity contribution in [3.63, 3.8) is 0 Å². The first kappa shape index (κ1) is 20.2. The summed E-state index contributed by atoms with van der Waals surface area (Å²) < 4.78 is 43.1. The number of benzene rings is 2. The summed E-state index contributed by atoms with van der Waals surface area (Å²) in [6.07, 6.45) is -0.113. The molecule has 0 aliphatic heterocycles. The zero-order chi connectivity index (χ0) is 22.9. The molecular weight excluding hydrogens is 453 g/mol. The van der Waals surface area contributed by atoms with E-state index in [9.17, 15) is 18.3 Å². The molecule has 0 unspecified atom stereocenters. The van der Waals surface area contributed by atoms with Gasteiger partial charge in [-0.3, -0.25) is 4.57 Å². The van der Waals surface area contributed by atoms with E-state index in [0.29, 0.717) is 5.92 Å². The van der Waals surface area contributed by atoms with Crippen molar-refractivity contribution in [1.29, 1.82) is 0 Å². The normalized spacial score (nSPS) is 14.5. The Labute approximate surface area is 190 Å². The zero-order valence-corrected chi connectivity index (χ0v) is 17.9. The molecule has 1 saturated carbocycles. The van der Waals surface area contributed by atoms with Gasteiger partial charge < -0.3 is 14.7 Å². The number of hydrogen-bond acceptors (Lipinski definition) is 5. The average Bonchev–Trinajstić information content (AvgIpc) is 3.15. The number of nitrogens with one attached hydrogen (secondary N) is 1. The minimum Gasteiger partial charge on any atom is -0.507 e. The highest BCUT2D eigenvalue weighted by Gasteiger charge is 2.35. The molecule has 0 spiro atoms. The van der Waals surface area contributed by atoms with E-state index >= 15 is 0 Å². The number of fused-ring (bicyclic) bond motifs is 2. The highest BCUT2D eigenvalue weighted by atomic mass is 32.1. The van der Waals surface area contributed by atoms with Gasteiger partial charge in [0.1, 0.15) is 5.75 Å². The fourth-order valence-corrected chi connectivity index (χ4v) is 4.42. The number of nitrogens with zero attached hydrogens (tertiary/aromatic N) is 5. The van der Waals surface area contributed by atoms with Gasteiger partial charge in [0, 0.05) is 24.2 Å². The van der Waals surface area contributed by atoms with Gasteiger partial charge in [-0.25, -0.2) is 4.98 Å². The van der Waals surface area contributed by atoms with Crippen molar-refractivity contribution in [3.05, 3.63) is 48.4 Å². The lowest BCUT2D eigenvalue weighted by atomic mass is 10.1. The van der Waals surface area contributed by atoms with Crippen molar-refractivity contribution < 1.29 is 18.3 Å². The first-order valence-electron chi connectivity index (χ1n) is 10.3. The van der Waals surface area contributed by atoms with Gasteiger partial charge in [-0.1, -0.05) is 6.07 Å². The molecule has 168 valence electrons. The first-order chi connectivity index (χ1) is 15.8. The Balaban J connectivity index is 1.51. The van der Waals surface area contributed by atoms with E-state index in [1.807, 2.05) is 30.5 Å². The number of aromatic hydroxyl groups is 1. The molecule has 33 heavy (non-hydrogen) atoms. The number of hydrogen-bond donors (Lipinski definition) is 3. The number of H-pyrrole nitrogens is 1. The van der Waals surface area contributed by atoms with Crippen LogP contribution in [0.5, 0.6) is 5.75 Å². The molecule has 1 fully saturated rings. The number of imidazole rings is 1. The lowest BCUT2D eigenvalue weighted by Gasteiger charge is -2.12. The number of rotatable bonds is 4. The van der Waals surface area contributed by atoms with E-state index < -0.39 is 12.0 Å². The molecule has 0 saturated heterocycles. The van der Waals surface area contributed by atoms with E-state index in [0.717, 1.165) is 23.1 Å². The fourth-order valence-electron chi connectivity index (χ4n) is 4.17. The largest absolute Gasteiger partial charge is 0.507 e. The zero-order valence-electron chi connectivity index (χ0n) is 17.0. The molecule has 6 rings (SSSR count). The molecule has 5 aromatic rings. The fraction of sp³-hybridized carbons (Fsp3) is 0.227. The van der Waals surface area contributed by atoms with E-state index in [2.05, 4.69) is 37.4 Å². The van der Waals surface area contributed by atoms with Gasteiger partial charge in [0.05, 0.1) is 27.8 Å². The van der Waals surface area contributed by atoms with Crippen LogP contribution in [0.4, 0.5) is 13.2 Å². The molecule has 11 heteroatoms. The number of thiol groups is 1. The van der Waals surface area contributed by atoms with Crippen molar-refractivity contribution in [1.82, 2.24) is 29.3 Å². The SMILES string of the molecule is Oc1cc2[nH]c(C(F)(F)F)nc2cc1-c1nnc(S)n1-c1cccc2c1ccn2CC1CC1. The Kier molecular flexibility index (Phi) is 4.28. The van der Waals surface area contributed by atoms with Crippen molar-refractivity contribution >= 4 is 34.6 Å². The number of phenolic OH excluding ortho intramolecular Hbond substituents is 1. The van der Waals surface area contributed by atoms with Gasteiger partial charge >= 0.3 is 6.18 Å². The number of aromatic nitrogens is 6. The predicted octanol–water partition coefficient (Wildman–Crippen LogP) is 5.19. The molecular formula is C22H17F3N6OS. The number of halogens is 3. The quantitative estimate of drug-likeness (QED) is 0.316. The van der Waals surface area contributed by atoms with Crippen LogP contribution in [-0.4, -0.2) is 34.4 Å². The summed E-state index contributed by atoms with van der Waals surface area (Å²) in [5, 5.41) is 20.1. The Morgan fingerprint density at radius 2 is 1.97 bits per heavy atom. The topological polar surface area (TPSA) is 84.6 Å². The van der Waals surface area contributed by atoms with E-state index in [1.54, 1.807) is 4.57 Å². The van der Waals surface area contributed by atoms with Gasteiger partial charge in [0.15, 0.2) is 11.0 Å². The summed E-state index contributed by atoms with van der Waals surface area (Å²) in [6, 6.07) is 10.4. The van der Waals surface area contributed by atoms with Crippen molar-refractivity contribution in [3.8, 4) is 22.8 Å². The summed E-state index contributed by atoms with van der Waals surface area (Å²) in [5.74, 6) is -0.430. The minimum atomic E-state index is -4.63. The third-order valence-electron chi connectivity index (χ3n) is 5.94. The Morgan fingerprint density at radius 3 is 2.73 bits per heavy atom. The van der Waals surface area contributed by atoms with Crippen LogP contribution in [0, 0.1) is 5.92 Å². The molecule has 1 aliphatic carbocycles. The van der Waals surface area contributed by atoms with Crippen LogP contribution in [-0.2, 0) is 12.7 Å².